The summed E-state index contributed by atoms with van der Waals surface area (Å²) in [5, 5.41) is 3.52. The van der Waals surface area contributed by atoms with Gasteiger partial charge in [-0.2, -0.15) is 0 Å². The zero-order chi connectivity index (χ0) is 12.8. The third-order valence-electron chi connectivity index (χ3n) is 2.86. The summed E-state index contributed by atoms with van der Waals surface area (Å²) in [4.78, 5) is 5.36. The summed E-state index contributed by atoms with van der Waals surface area (Å²) in [5.74, 6) is 0. The number of hydrogen-bond donors (Lipinski definition) is 1. The van der Waals surface area contributed by atoms with Gasteiger partial charge in [0.1, 0.15) is 0 Å². The van der Waals surface area contributed by atoms with Gasteiger partial charge < -0.3 is 9.88 Å². The molecule has 0 aliphatic carbocycles. The molecule has 0 aliphatic heterocycles. The average Bonchev–Trinajstić information content (AvgIpc) is 2.90. The predicted octanol–water partition coefficient (Wildman–Crippen LogP) is 2.78. The van der Waals surface area contributed by atoms with Gasteiger partial charge in [-0.1, -0.05) is 12.1 Å². The van der Waals surface area contributed by atoms with Crippen LogP contribution in [0.15, 0.2) is 47.9 Å². The van der Waals surface area contributed by atoms with Crippen molar-refractivity contribution in [3.05, 3.63) is 48.5 Å². The minimum absolute atomic E-state index is 0.430. The van der Waals surface area contributed by atoms with Crippen molar-refractivity contribution in [2.45, 2.75) is 31.0 Å². The molecule has 1 unspecified atom stereocenters. The maximum atomic E-state index is 4.05. The number of imidazole rings is 1. The van der Waals surface area contributed by atoms with E-state index < -0.39 is 0 Å². The lowest BCUT2D eigenvalue weighted by atomic mass is 10.2. The van der Waals surface area contributed by atoms with Crippen molar-refractivity contribution in [3.8, 4) is 0 Å². The molecule has 0 aliphatic rings. The second kappa shape index (κ2) is 6.61. The number of thioether (sulfide) groups is 1. The number of benzene rings is 1. The standard InChI is InChI=1S/C14H19N3S/c1-12(10-17-8-7-15-11-17)16-9-13-3-5-14(18-2)6-4-13/h3-8,11-12,16H,9-10H2,1-2H3. The zero-order valence-electron chi connectivity index (χ0n) is 10.8. The molecule has 1 atom stereocenters. The molecule has 0 fully saturated rings. The van der Waals surface area contributed by atoms with Crippen molar-refractivity contribution >= 4 is 11.8 Å². The van der Waals surface area contributed by atoms with Crippen LogP contribution in [-0.4, -0.2) is 21.8 Å². The second-order valence-electron chi connectivity index (χ2n) is 4.39. The van der Waals surface area contributed by atoms with E-state index in [1.54, 1.807) is 11.8 Å². The highest BCUT2D eigenvalue weighted by Gasteiger charge is 2.02. The molecule has 1 aromatic carbocycles. The second-order valence-corrected chi connectivity index (χ2v) is 5.27. The fraction of sp³-hybridized carbons (Fsp3) is 0.357. The van der Waals surface area contributed by atoms with E-state index in [1.165, 1.54) is 10.5 Å². The minimum atomic E-state index is 0.430. The van der Waals surface area contributed by atoms with Crippen LogP contribution < -0.4 is 5.32 Å². The molecule has 0 radical (unpaired) electrons. The lowest BCUT2D eigenvalue weighted by molar-refractivity contribution is 0.476. The highest BCUT2D eigenvalue weighted by Crippen LogP contribution is 2.14. The molecule has 96 valence electrons. The molecule has 18 heavy (non-hydrogen) atoms. The van der Waals surface area contributed by atoms with Crippen LogP contribution in [0.25, 0.3) is 0 Å². The van der Waals surface area contributed by atoms with Crippen LogP contribution in [0, 0.1) is 0 Å². The Morgan fingerprint density at radius 2 is 2.11 bits per heavy atom. The van der Waals surface area contributed by atoms with Crippen molar-refractivity contribution in [1.82, 2.24) is 14.9 Å². The molecule has 1 N–H and O–H groups in total. The van der Waals surface area contributed by atoms with E-state index in [4.69, 9.17) is 0 Å². The van der Waals surface area contributed by atoms with E-state index >= 15 is 0 Å². The summed E-state index contributed by atoms with van der Waals surface area (Å²) >= 11 is 1.77. The Kier molecular flexibility index (Phi) is 4.84. The smallest absolute Gasteiger partial charge is 0.0946 e. The first-order valence-corrected chi connectivity index (χ1v) is 7.32. The summed E-state index contributed by atoms with van der Waals surface area (Å²) in [6.07, 6.45) is 7.76. The van der Waals surface area contributed by atoms with E-state index in [0.29, 0.717) is 6.04 Å². The normalized spacial score (nSPS) is 12.6. The van der Waals surface area contributed by atoms with Crippen LogP contribution in [0.5, 0.6) is 0 Å². The third kappa shape index (κ3) is 3.89. The van der Waals surface area contributed by atoms with Crippen LogP contribution in [0.4, 0.5) is 0 Å². The molecule has 1 aromatic heterocycles. The van der Waals surface area contributed by atoms with E-state index in [9.17, 15) is 0 Å². The number of aromatic nitrogens is 2. The first-order chi connectivity index (χ1) is 8.78. The summed E-state index contributed by atoms with van der Waals surface area (Å²) in [6.45, 7) is 4.05. The molecule has 2 aromatic rings. The summed E-state index contributed by atoms with van der Waals surface area (Å²) in [7, 11) is 0. The van der Waals surface area contributed by atoms with E-state index in [0.717, 1.165) is 13.1 Å². The fourth-order valence-corrected chi connectivity index (χ4v) is 2.22. The average molecular weight is 261 g/mol. The molecule has 0 amide bonds. The highest BCUT2D eigenvalue weighted by molar-refractivity contribution is 7.98. The van der Waals surface area contributed by atoms with Crippen LogP contribution >= 0.6 is 11.8 Å². The van der Waals surface area contributed by atoms with Gasteiger partial charge in [0, 0.05) is 36.4 Å². The molecular weight excluding hydrogens is 242 g/mol. The molecular formula is C14H19N3S. The first-order valence-electron chi connectivity index (χ1n) is 6.10. The monoisotopic (exact) mass is 261 g/mol. The maximum absolute atomic E-state index is 4.05. The van der Waals surface area contributed by atoms with E-state index in [1.807, 2.05) is 18.7 Å². The highest BCUT2D eigenvalue weighted by atomic mass is 32.2. The minimum Gasteiger partial charge on any atom is -0.336 e. The molecule has 0 saturated heterocycles. The van der Waals surface area contributed by atoms with Crippen LogP contribution in [0.3, 0.4) is 0 Å². The molecule has 4 heteroatoms. The largest absolute Gasteiger partial charge is 0.336 e. The Hall–Kier alpha value is -1.26. The molecule has 0 saturated carbocycles. The Labute approximate surface area is 113 Å². The zero-order valence-corrected chi connectivity index (χ0v) is 11.7. The fourth-order valence-electron chi connectivity index (χ4n) is 1.81. The number of rotatable bonds is 6. The van der Waals surface area contributed by atoms with Crippen LogP contribution in [0.2, 0.25) is 0 Å². The quantitative estimate of drug-likeness (QED) is 0.811. The van der Waals surface area contributed by atoms with Gasteiger partial charge in [-0.25, -0.2) is 4.98 Å². The Bertz CT molecular complexity index is 450. The van der Waals surface area contributed by atoms with Crippen LogP contribution in [-0.2, 0) is 13.1 Å². The summed E-state index contributed by atoms with van der Waals surface area (Å²) < 4.78 is 2.09. The van der Waals surface area contributed by atoms with Crippen molar-refractivity contribution in [2.75, 3.05) is 6.26 Å². The van der Waals surface area contributed by atoms with Gasteiger partial charge in [-0.3, -0.25) is 0 Å². The molecule has 0 spiro atoms. The Morgan fingerprint density at radius 1 is 1.33 bits per heavy atom. The Morgan fingerprint density at radius 3 is 2.72 bits per heavy atom. The number of nitrogens with one attached hydrogen (secondary N) is 1. The number of hydrogen-bond acceptors (Lipinski definition) is 3. The van der Waals surface area contributed by atoms with Crippen molar-refractivity contribution in [1.29, 1.82) is 0 Å². The SMILES string of the molecule is CSc1ccc(CNC(C)Cn2ccnc2)cc1. The Balaban J connectivity index is 1.79. The van der Waals surface area contributed by atoms with Gasteiger partial charge in [0.15, 0.2) is 0 Å². The third-order valence-corrected chi connectivity index (χ3v) is 3.60. The van der Waals surface area contributed by atoms with Gasteiger partial charge in [-0.15, -0.1) is 11.8 Å². The van der Waals surface area contributed by atoms with Crippen molar-refractivity contribution < 1.29 is 0 Å². The molecule has 0 bridgehead atoms. The summed E-state index contributed by atoms with van der Waals surface area (Å²) in [6, 6.07) is 9.13. The van der Waals surface area contributed by atoms with E-state index in [-0.39, 0.29) is 0 Å². The lowest BCUT2D eigenvalue weighted by Gasteiger charge is -2.14. The topological polar surface area (TPSA) is 29.9 Å². The van der Waals surface area contributed by atoms with Gasteiger partial charge in [0.2, 0.25) is 0 Å². The van der Waals surface area contributed by atoms with Gasteiger partial charge in [0.05, 0.1) is 6.33 Å². The maximum Gasteiger partial charge on any atom is 0.0946 e. The lowest BCUT2D eigenvalue weighted by Crippen LogP contribution is -2.29. The van der Waals surface area contributed by atoms with Gasteiger partial charge >= 0.3 is 0 Å². The molecule has 1 heterocycles. The summed E-state index contributed by atoms with van der Waals surface area (Å²) in [5.41, 5.74) is 1.32. The van der Waals surface area contributed by atoms with Crippen LogP contribution in [0.1, 0.15) is 12.5 Å². The number of nitrogens with zero attached hydrogens (tertiary/aromatic N) is 2. The molecule has 3 nitrogen and oxygen atoms in total. The predicted molar refractivity (Wildman–Crippen MR) is 76.8 cm³/mol. The molecule has 2 rings (SSSR count). The first kappa shape index (κ1) is 13.2. The van der Waals surface area contributed by atoms with Crippen molar-refractivity contribution in [2.24, 2.45) is 0 Å². The van der Waals surface area contributed by atoms with Gasteiger partial charge in [0.25, 0.3) is 0 Å². The van der Waals surface area contributed by atoms with Crippen molar-refractivity contribution in [3.63, 3.8) is 0 Å². The van der Waals surface area contributed by atoms with Gasteiger partial charge in [-0.05, 0) is 30.9 Å². The van der Waals surface area contributed by atoms with E-state index in [2.05, 4.69) is 52.3 Å².